The van der Waals surface area contributed by atoms with Gasteiger partial charge >= 0.3 is 0 Å². The maximum Gasteiger partial charge on any atom is 0.267 e. The number of carbonyl (C=O) groups is 1. The highest BCUT2D eigenvalue weighted by atomic mass is 79.9. The standard InChI is InChI=1S/C16H14BrClN2O2/c1-11(16(21)20-15-8-4-13(17)5-9-15)22-19-10-12-2-6-14(18)7-3-12/h2-11H,1H3,(H,20,21)/b19-10-/t11-/m0/s1. The van der Waals surface area contributed by atoms with Gasteiger partial charge in [-0.2, -0.15) is 0 Å². The lowest BCUT2D eigenvalue weighted by molar-refractivity contribution is -0.126. The van der Waals surface area contributed by atoms with Gasteiger partial charge in [-0.1, -0.05) is 44.8 Å². The van der Waals surface area contributed by atoms with Crippen LogP contribution in [0.25, 0.3) is 0 Å². The molecule has 2 rings (SSSR count). The maximum atomic E-state index is 11.9. The molecule has 4 nitrogen and oxygen atoms in total. The van der Waals surface area contributed by atoms with Crippen LogP contribution in [0.5, 0.6) is 0 Å². The van der Waals surface area contributed by atoms with E-state index >= 15 is 0 Å². The largest absolute Gasteiger partial charge is 0.383 e. The molecule has 2 aromatic carbocycles. The fourth-order valence-corrected chi connectivity index (χ4v) is 1.95. The van der Waals surface area contributed by atoms with Crippen molar-refractivity contribution in [3.05, 3.63) is 63.6 Å². The van der Waals surface area contributed by atoms with Crippen LogP contribution in [0.2, 0.25) is 5.02 Å². The van der Waals surface area contributed by atoms with Crippen molar-refractivity contribution >= 4 is 45.3 Å². The number of nitrogens with zero attached hydrogens (tertiary/aromatic N) is 1. The second-order valence-corrected chi connectivity index (χ2v) is 5.88. The molecule has 6 heteroatoms. The Balaban J connectivity index is 1.85. The minimum atomic E-state index is -0.702. The fraction of sp³-hybridized carbons (Fsp3) is 0.125. The second kappa shape index (κ2) is 7.96. The zero-order chi connectivity index (χ0) is 15.9. The first-order valence-corrected chi connectivity index (χ1v) is 7.73. The van der Waals surface area contributed by atoms with Crippen LogP contribution in [0, 0.1) is 0 Å². The molecule has 114 valence electrons. The molecule has 1 N–H and O–H groups in total. The molecule has 0 aromatic heterocycles. The Hall–Kier alpha value is -1.85. The summed E-state index contributed by atoms with van der Waals surface area (Å²) in [7, 11) is 0. The number of halogens is 2. The van der Waals surface area contributed by atoms with Gasteiger partial charge in [-0.3, -0.25) is 4.79 Å². The maximum absolute atomic E-state index is 11.9. The van der Waals surface area contributed by atoms with E-state index in [9.17, 15) is 4.79 Å². The Bertz CT molecular complexity index is 657. The van der Waals surface area contributed by atoms with Gasteiger partial charge in [-0.05, 0) is 48.9 Å². The van der Waals surface area contributed by atoms with Crippen molar-refractivity contribution in [1.82, 2.24) is 0 Å². The van der Waals surface area contributed by atoms with Crippen LogP contribution in [0.4, 0.5) is 5.69 Å². The summed E-state index contributed by atoms with van der Waals surface area (Å²) in [6.45, 7) is 1.63. The van der Waals surface area contributed by atoms with Crippen molar-refractivity contribution in [3.8, 4) is 0 Å². The zero-order valence-corrected chi connectivity index (χ0v) is 14.1. The number of rotatable bonds is 5. The molecule has 0 aliphatic carbocycles. The van der Waals surface area contributed by atoms with Crippen LogP contribution in [-0.2, 0) is 9.63 Å². The molecule has 1 amide bonds. The zero-order valence-electron chi connectivity index (χ0n) is 11.8. The lowest BCUT2D eigenvalue weighted by Crippen LogP contribution is -2.26. The summed E-state index contributed by atoms with van der Waals surface area (Å²) in [5.74, 6) is -0.268. The number of amides is 1. The monoisotopic (exact) mass is 380 g/mol. The molecule has 0 unspecified atom stereocenters. The molecule has 2 aromatic rings. The smallest absolute Gasteiger partial charge is 0.267 e. The Kier molecular flexibility index (Phi) is 5.98. The number of anilines is 1. The van der Waals surface area contributed by atoms with E-state index in [1.54, 1.807) is 31.2 Å². The van der Waals surface area contributed by atoms with Crippen LogP contribution in [0.3, 0.4) is 0 Å². The van der Waals surface area contributed by atoms with Gasteiger partial charge in [0.2, 0.25) is 6.10 Å². The third-order valence-electron chi connectivity index (χ3n) is 2.77. The molecule has 0 saturated carbocycles. The highest BCUT2D eigenvalue weighted by Gasteiger charge is 2.13. The molecule has 0 bridgehead atoms. The molecule has 0 heterocycles. The van der Waals surface area contributed by atoms with E-state index < -0.39 is 6.10 Å². The topological polar surface area (TPSA) is 50.7 Å². The molecule has 0 saturated heterocycles. The third-order valence-corrected chi connectivity index (χ3v) is 3.55. The third kappa shape index (κ3) is 5.16. The number of hydrogen-bond acceptors (Lipinski definition) is 3. The van der Waals surface area contributed by atoms with Gasteiger partial charge in [0.25, 0.3) is 5.91 Å². The normalized spacial score (nSPS) is 12.1. The van der Waals surface area contributed by atoms with Gasteiger partial charge in [-0.25, -0.2) is 0 Å². The first-order chi connectivity index (χ1) is 10.5. The van der Waals surface area contributed by atoms with E-state index in [2.05, 4.69) is 26.4 Å². The van der Waals surface area contributed by atoms with Crippen LogP contribution in [0.15, 0.2) is 58.2 Å². The van der Waals surface area contributed by atoms with Gasteiger partial charge in [0.1, 0.15) is 0 Å². The first kappa shape index (κ1) is 16.5. The molecule has 0 aliphatic rings. The Morgan fingerprint density at radius 2 is 1.86 bits per heavy atom. The van der Waals surface area contributed by atoms with Gasteiger partial charge in [-0.15, -0.1) is 0 Å². The Labute approximate surface area is 142 Å². The van der Waals surface area contributed by atoms with Gasteiger partial charge in [0, 0.05) is 15.2 Å². The summed E-state index contributed by atoms with van der Waals surface area (Å²) in [5, 5.41) is 7.21. The molecule has 0 radical (unpaired) electrons. The van der Waals surface area contributed by atoms with Crippen molar-refractivity contribution in [2.45, 2.75) is 13.0 Å². The molecule has 0 fully saturated rings. The minimum Gasteiger partial charge on any atom is -0.383 e. The average Bonchev–Trinajstić information content (AvgIpc) is 2.51. The summed E-state index contributed by atoms with van der Waals surface area (Å²) in [4.78, 5) is 17.1. The van der Waals surface area contributed by atoms with Crippen molar-refractivity contribution in [3.63, 3.8) is 0 Å². The van der Waals surface area contributed by atoms with E-state index in [4.69, 9.17) is 16.4 Å². The number of carbonyl (C=O) groups excluding carboxylic acids is 1. The van der Waals surface area contributed by atoms with Gasteiger partial charge in [0.05, 0.1) is 6.21 Å². The van der Waals surface area contributed by atoms with E-state index in [0.717, 1.165) is 10.0 Å². The summed E-state index contributed by atoms with van der Waals surface area (Å²) in [6.07, 6.45) is 0.826. The highest BCUT2D eigenvalue weighted by molar-refractivity contribution is 9.10. The predicted molar refractivity (Wildman–Crippen MR) is 92.4 cm³/mol. The van der Waals surface area contributed by atoms with Gasteiger partial charge < -0.3 is 10.2 Å². The van der Waals surface area contributed by atoms with E-state index in [0.29, 0.717) is 10.7 Å². The van der Waals surface area contributed by atoms with E-state index in [1.165, 1.54) is 6.21 Å². The summed E-state index contributed by atoms with van der Waals surface area (Å²) >= 11 is 9.13. The van der Waals surface area contributed by atoms with E-state index in [-0.39, 0.29) is 5.91 Å². The molecular weight excluding hydrogens is 368 g/mol. The summed E-state index contributed by atoms with van der Waals surface area (Å²) < 4.78 is 0.947. The molecule has 0 aliphatic heterocycles. The predicted octanol–water partition coefficient (Wildman–Crippen LogP) is 4.48. The molecule has 0 spiro atoms. The van der Waals surface area contributed by atoms with Crippen LogP contribution in [0.1, 0.15) is 12.5 Å². The summed E-state index contributed by atoms with van der Waals surface area (Å²) in [5.41, 5.74) is 1.54. The van der Waals surface area contributed by atoms with Crippen molar-refractivity contribution in [2.75, 3.05) is 5.32 Å². The molecule has 22 heavy (non-hydrogen) atoms. The molecule has 1 atom stereocenters. The van der Waals surface area contributed by atoms with Crippen LogP contribution < -0.4 is 5.32 Å². The number of hydrogen-bond donors (Lipinski definition) is 1. The van der Waals surface area contributed by atoms with Crippen LogP contribution in [-0.4, -0.2) is 18.2 Å². The average molecular weight is 382 g/mol. The van der Waals surface area contributed by atoms with Crippen LogP contribution >= 0.6 is 27.5 Å². The Morgan fingerprint density at radius 1 is 1.23 bits per heavy atom. The lowest BCUT2D eigenvalue weighted by atomic mass is 10.2. The van der Waals surface area contributed by atoms with Crippen molar-refractivity contribution in [2.24, 2.45) is 5.16 Å². The Morgan fingerprint density at radius 3 is 2.50 bits per heavy atom. The second-order valence-electron chi connectivity index (χ2n) is 4.53. The minimum absolute atomic E-state index is 0.268. The number of oxime groups is 1. The van der Waals surface area contributed by atoms with Crippen molar-refractivity contribution in [1.29, 1.82) is 0 Å². The SMILES string of the molecule is C[C@H](O/N=C\c1ccc(Cl)cc1)C(=O)Nc1ccc(Br)cc1. The number of benzene rings is 2. The van der Waals surface area contributed by atoms with Gasteiger partial charge in [0.15, 0.2) is 0 Å². The summed E-state index contributed by atoms with van der Waals surface area (Å²) in [6, 6.07) is 14.4. The highest BCUT2D eigenvalue weighted by Crippen LogP contribution is 2.14. The van der Waals surface area contributed by atoms with Crippen molar-refractivity contribution < 1.29 is 9.63 Å². The number of nitrogens with one attached hydrogen (secondary N) is 1. The van der Waals surface area contributed by atoms with E-state index in [1.807, 2.05) is 24.3 Å². The quantitative estimate of drug-likeness (QED) is 0.613. The fourth-order valence-electron chi connectivity index (χ4n) is 1.56. The first-order valence-electron chi connectivity index (χ1n) is 6.56. The molecular formula is C16H14BrClN2O2. The lowest BCUT2D eigenvalue weighted by Gasteiger charge is -2.10.